The van der Waals surface area contributed by atoms with Crippen LogP contribution in [0.2, 0.25) is 20.1 Å². The molecule has 0 radical (unpaired) electrons. The van der Waals surface area contributed by atoms with Gasteiger partial charge in [0.2, 0.25) is 0 Å². The lowest BCUT2D eigenvalue weighted by Crippen LogP contribution is -2.42. The van der Waals surface area contributed by atoms with Gasteiger partial charge in [0.15, 0.2) is 20.7 Å². The Morgan fingerprint density at radius 3 is 1.13 bits per heavy atom. The van der Waals surface area contributed by atoms with E-state index in [1.54, 1.807) is 35.7 Å². The first kappa shape index (κ1) is 60.7. The smallest absolute Gasteiger partial charge is 0.159 e. The summed E-state index contributed by atoms with van der Waals surface area (Å²) >= 11 is 30.6. The summed E-state index contributed by atoms with van der Waals surface area (Å²) in [6.45, 7) is 5.72. The zero-order valence-electron chi connectivity index (χ0n) is 37.9. The molecule has 0 atom stereocenters. The first-order valence-corrected chi connectivity index (χ1v) is 26.9. The van der Waals surface area contributed by atoms with Crippen molar-refractivity contribution in [3.63, 3.8) is 0 Å². The number of halogens is 6. The second-order valence-corrected chi connectivity index (χ2v) is 20.7. The average Bonchev–Trinajstić information content (AvgIpc) is 3.34. The lowest BCUT2D eigenvalue weighted by molar-refractivity contribution is 0.270. The fourth-order valence-corrected chi connectivity index (χ4v) is 10.1. The number of nitrogens with zero attached hydrogens (tertiary/aromatic N) is 4. The van der Waals surface area contributed by atoms with Gasteiger partial charge in [0.05, 0.1) is 46.8 Å². The number of benzene rings is 5. The van der Waals surface area contributed by atoms with Crippen LogP contribution in [0.3, 0.4) is 0 Å². The minimum atomic E-state index is 0. The lowest BCUT2D eigenvalue weighted by atomic mass is 10.1. The molecular formula is C48H59Br2Cl4N11S4. The van der Waals surface area contributed by atoms with Crippen LogP contribution in [0.4, 0.5) is 0 Å². The predicted octanol–water partition coefficient (Wildman–Crippen LogP) is 11.9. The van der Waals surface area contributed by atoms with Gasteiger partial charge in [-0.05, 0) is 89.0 Å². The van der Waals surface area contributed by atoms with Crippen molar-refractivity contribution in [3.05, 3.63) is 174 Å². The molecule has 0 amide bonds. The van der Waals surface area contributed by atoms with Crippen LogP contribution >= 0.6 is 127 Å². The molecule has 11 nitrogen and oxygen atoms in total. The molecule has 2 aliphatic heterocycles. The van der Waals surface area contributed by atoms with Crippen LogP contribution in [0.25, 0.3) is 0 Å². The third-order valence-corrected chi connectivity index (χ3v) is 15.1. The highest BCUT2D eigenvalue weighted by Crippen LogP contribution is 2.32. The summed E-state index contributed by atoms with van der Waals surface area (Å²) in [6, 6.07) is 38.9. The summed E-state index contributed by atoms with van der Waals surface area (Å²) in [5, 5.41) is 25.5. The van der Waals surface area contributed by atoms with E-state index in [1.165, 1.54) is 51.3 Å². The monoisotopic (exact) mass is 1220 g/mol. The van der Waals surface area contributed by atoms with Crippen molar-refractivity contribution in [2.24, 2.45) is 27.2 Å². The molecule has 2 heterocycles. The third-order valence-electron chi connectivity index (χ3n) is 10.1. The van der Waals surface area contributed by atoms with Crippen LogP contribution < -0.4 is 27.8 Å². The van der Waals surface area contributed by atoms with Gasteiger partial charge in [-0.1, -0.05) is 184 Å². The normalized spacial score (nSPS) is 13.3. The molecule has 372 valence electrons. The molecule has 5 aromatic rings. The lowest BCUT2D eigenvalue weighted by Gasteiger charge is -2.27. The van der Waals surface area contributed by atoms with Crippen LogP contribution in [0.5, 0.6) is 0 Å². The first-order valence-electron chi connectivity index (χ1n) is 21.4. The Labute approximate surface area is 465 Å². The third kappa shape index (κ3) is 23.2. The van der Waals surface area contributed by atoms with E-state index < -0.39 is 0 Å². The second kappa shape index (κ2) is 33.9. The summed E-state index contributed by atoms with van der Waals surface area (Å²) in [6.07, 6.45) is 3.04. The molecule has 0 saturated carbocycles. The number of rotatable bonds is 16. The van der Waals surface area contributed by atoms with Gasteiger partial charge >= 0.3 is 0 Å². The molecule has 0 aromatic heterocycles. The number of nitrogens with one attached hydrogen (secondary N) is 4. The van der Waals surface area contributed by atoms with Crippen molar-refractivity contribution in [2.45, 2.75) is 42.3 Å². The standard InChI is InChI=1S/C30H34Cl2N6S2.C10H12Cl2N4S2.C8H11N.2BrH/c31-27-15-25(17-39-29-33-19-37(20-34-29)13-11-23-7-3-1-4-8-23)26(16-28(27)32)18-40-30-35-21-38(22-36-30)14-12-24-9-5-2-6-10-24;11-7-1-5(3-17-9(13)14)6(2-8(7)12)4-18-10(15)16;9-7-6-8-4-2-1-3-5-8;;/h1-10,15-16H,11-14,17-22H2,(H,33,34)(H,35,36);1-2H,3-4H2,(H3,13,14)(H3,15,16);1-5H,6-7,9H2;2*1H. The van der Waals surface area contributed by atoms with Crippen molar-refractivity contribution in [3.8, 4) is 0 Å². The molecule has 0 unspecified atom stereocenters. The fourth-order valence-electron chi connectivity index (χ4n) is 6.47. The van der Waals surface area contributed by atoms with Crippen LogP contribution in [-0.4, -0.2) is 76.8 Å². The number of hydrogen-bond donors (Lipinski definition) is 7. The average molecular weight is 1220 g/mol. The zero-order valence-corrected chi connectivity index (χ0v) is 47.6. The minimum Gasteiger partial charge on any atom is -0.379 e. The molecule has 10 N–H and O–H groups in total. The molecule has 5 aromatic carbocycles. The Morgan fingerprint density at radius 2 is 0.841 bits per heavy atom. The number of amidine groups is 4. The summed E-state index contributed by atoms with van der Waals surface area (Å²) < 4.78 is 0. The molecule has 0 fully saturated rings. The number of nitrogens with two attached hydrogens (primary N) is 3. The van der Waals surface area contributed by atoms with E-state index in [0.29, 0.717) is 44.9 Å². The minimum absolute atomic E-state index is 0. The van der Waals surface area contributed by atoms with Crippen LogP contribution in [0.15, 0.2) is 125 Å². The van der Waals surface area contributed by atoms with Gasteiger partial charge in [-0.15, -0.1) is 34.0 Å². The molecule has 69 heavy (non-hydrogen) atoms. The Morgan fingerprint density at radius 1 is 0.522 bits per heavy atom. The van der Waals surface area contributed by atoms with Gasteiger partial charge in [0.25, 0.3) is 0 Å². The summed E-state index contributed by atoms with van der Waals surface area (Å²) in [4.78, 5) is 14.2. The van der Waals surface area contributed by atoms with E-state index in [1.807, 2.05) is 30.3 Å². The Bertz CT molecular complexity index is 2250. The number of hydrogen-bond acceptors (Lipinski definition) is 13. The highest BCUT2D eigenvalue weighted by molar-refractivity contribution is 8.93. The van der Waals surface area contributed by atoms with Gasteiger partial charge in [-0.3, -0.25) is 20.6 Å². The van der Waals surface area contributed by atoms with E-state index in [0.717, 1.165) is 85.2 Å². The maximum Gasteiger partial charge on any atom is 0.159 e. The van der Waals surface area contributed by atoms with Gasteiger partial charge < -0.3 is 27.8 Å². The van der Waals surface area contributed by atoms with E-state index in [-0.39, 0.29) is 44.3 Å². The van der Waals surface area contributed by atoms with E-state index in [4.69, 9.17) is 84.4 Å². The highest BCUT2D eigenvalue weighted by Gasteiger charge is 2.17. The van der Waals surface area contributed by atoms with E-state index >= 15 is 0 Å². The van der Waals surface area contributed by atoms with Crippen LogP contribution in [0.1, 0.15) is 38.9 Å². The Kier molecular flexibility index (Phi) is 29.8. The zero-order chi connectivity index (χ0) is 47.8. The second-order valence-electron chi connectivity index (χ2n) is 15.1. The predicted molar refractivity (Wildman–Crippen MR) is 316 cm³/mol. The maximum atomic E-state index is 7.20. The summed E-state index contributed by atoms with van der Waals surface area (Å²) in [5.74, 6) is 2.63. The van der Waals surface area contributed by atoms with Gasteiger partial charge in [0, 0.05) is 36.1 Å². The largest absolute Gasteiger partial charge is 0.379 e. The summed E-state index contributed by atoms with van der Waals surface area (Å²) in [7, 11) is 0. The van der Waals surface area contributed by atoms with Gasteiger partial charge in [0.1, 0.15) is 0 Å². The molecule has 2 aliphatic rings. The van der Waals surface area contributed by atoms with Gasteiger partial charge in [-0.2, -0.15) is 0 Å². The van der Waals surface area contributed by atoms with E-state index in [2.05, 4.69) is 93.2 Å². The number of thioether (sulfide) groups is 4. The van der Waals surface area contributed by atoms with E-state index in [9.17, 15) is 0 Å². The first-order chi connectivity index (χ1) is 32.4. The fraction of sp³-hybridized carbons (Fsp3) is 0.292. The molecule has 0 spiro atoms. The van der Waals surface area contributed by atoms with Gasteiger partial charge in [-0.25, -0.2) is 9.98 Å². The van der Waals surface area contributed by atoms with Crippen molar-refractivity contribution < 1.29 is 0 Å². The number of aliphatic imine (C=N–C) groups is 2. The quantitative estimate of drug-likeness (QED) is 0.0369. The summed E-state index contributed by atoms with van der Waals surface area (Å²) in [5.41, 5.74) is 24.2. The molecular weight excluding hydrogens is 1160 g/mol. The highest BCUT2D eigenvalue weighted by atomic mass is 79.9. The molecule has 7 rings (SSSR count). The van der Waals surface area contributed by atoms with Crippen molar-refractivity contribution in [1.82, 2.24) is 20.4 Å². The molecule has 0 bridgehead atoms. The Balaban J connectivity index is 0.000000359. The molecule has 21 heteroatoms. The molecule has 0 saturated heterocycles. The van der Waals surface area contributed by atoms with Crippen molar-refractivity contribution in [1.29, 1.82) is 10.8 Å². The van der Waals surface area contributed by atoms with Crippen LogP contribution in [-0.2, 0) is 42.3 Å². The Hall–Kier alpha value is -2.62. The maximum absolute atomic E-state index is 7.20. The topological polar surface area (TPSA) is 181 Å². The molecule has 0 aliphatic carbocycles. The van der Waals surface area contributed by atoms with Crippen molar-refractivity contribution >= 4 is 148 Å². The SMILES string of the molecule is Br.Br.Clc1cc(CSC2=NCN(CCc3ccccc3)CN2)c(CSC2=NCN(CCc3ccccc3)CN2)cc1Cl.N=C(N)SCc1cc(Cl)c(Cl)cc1CSC(=N)N.NCCc1ccccc1. The van der Waals surface area contributed by atoms with Crippen molar-refractivity contribution in [2.75, 3.05) is 46.3 Å². The van der Waals surface area contributed by atoms with Crippen LogP contribution in [0, 0.1) is 10.8 Å².